The highest BCUT2D eigenvalue weighted by atomic mass is 35.5. The number of carbonyl (C=O) groups excluding carboxylic acids is 2. The van der Waals surface area contributed by atoms with Crippen LogP contribution in [0.15, 0.2) is 42.5 Å². The van der Waals surface area contributed by atoms with E-state index in [0.717, 1.165) is 16.9 Å². The van der Waals surface area contributed by atoms with E-state index in [1.807, 2.05) is 13.8 Å². The van der Waals surface area contributed by atoms with E-state index in [-0.39, 0.29) is 18.7 Å². The Balaban J connectivity index is 1.82. The normalized spacial score (nSPS) is 11.8. The Kier molecular flexibility index (Phi) is 7.53. The summed E-state index contributed by atoms with van der Waals surface area (Å²) in [6, 6.07) is 10.1. The smallest absolute Gasteiger partial charge is 0.307 e. The number of nitrogens with zero attached hydrogens (tertiary/aromatic N) is 2. The van der Waals surface area contributed by atoms with Gasteiger partial charge < -0.3 is 10.1 Å². The van der Waals surface area contributed by atoms with Crippen LogP contribution in [0.4, 0.5) is 4.39 Å². The molecule has 2 aromatic carbocycles. The van der Waals surface area contributed by atoms with Gasteiger partial charge in [-0.15, -0.1) is 0 Å². The van der Waals surface area contributed by atoms with Crippen LogP contribution < -0.4 is 5.32 Å². The third kappa shape index (κ3) is 5.47. The molecular formula is C23H22Cl2FN3O3. The predicted molar refractivity (Wildman–Crippen MR) is 121 cm³/mol. The molecule has 0 fully saturated rings. The van der Waals surface area contributed by atoms with E-state index in [1.165, 1.54) is 31.4 Å². The summed E-state index contributed by atoms with van der Waals surface area (Å²) >= 11 is 12.1. The molecule has 168 valence electrons. The number of halogens is 3. The first kappa shape index (κ1) is 23.8. The van der Waals surface area contributed by atoms with Crippen LogP contribution in [0.25, 0.3) is 5.69 Å². The summed E-state index contributed by atoms with van der Waals surface area (Å²) in [5.41, 5.74) is 3.55. The van der Waals surface area contributed by atoms with Crippen molar-refractivity contribution in [3.63, 3.8) is 0 Å². The van der Waals surface area contributed by atoms with Crippen LogP contribution in [-0.4, -0.2) is 28.8 Å². The zero-order chi connectivity index (χ0) is 23.4. The number of hydrogen-bond donors (Lipinski definition) is 1. The molecule has 0 saturated carbocycles. The molecule has 1 amide bonds. The van der Waals surface area contributed by atoms with E-state index in [1.54, 1.807) is 22.9 Å². The van der Waals surface area contributed by atoms with E-state index < -0.39 is 17.8 Å². The van der Waals surface area contributed by atoms with Gasteiger partial charge in [0.25, 0.3) is 0 Å². The molecule has 9 heteroatoms. The molecule has 1 N–H and O–H groups in total. The Bertz CT molecular complexity index is 1150. The highest BCUT2D eigenvalue weighted by Crippen LogP contribution is 2.26. The number of ether oxygens (including phenoxy) is 1. The number of rotatable bonds is 7. The summed E-state index contributed by atoms with van der Waals surface area (Å²) in [5.74, 6) is -1.19. The molecule has 3 aromatic rings. The van der Waals surface area contributed by atoms with Crippen LogP contribution in [-0.2, 0) is 20.7 Å². The minimum Gasteiger partial charge on any atom is -0.469 e. The molecule has 1 unspecified atom stereocenters. The van der Waals surface area contributed by atoms with Gasteiger partial charge >= 0.3 is 5.97 Å². The average Bonchev–Trinajstić information content (AvgIpc) is 3.04. The Hall–Kier alpha value is -2.90. The van der Waals surface area contributed by atoms with Crippen molar-refractivity contribution in [1.82, 2.24) is 15.1 Å². The summed E-state index contributed by atoms with van der Waals surface area (Å²) in [4.78, 5) is 24.7. The zero-order valence-electron chi connectivity index (χ0n) is 17.8. The lowest BCUT2D eigenvalue weighted by Gasteiger charge is -2.18. The second kappa shape index (κ2) is 10.1. The number of esters is 1. The van der Waals surface area contributed by atoms with Gasteiger partial charge in [-0.05, 0) is 49.7 Å². The van der Waals surface area contributed by atoms with Gasteiger partial charge in [-0.25, -0.2) is 9.07 Å². The van der Waals surface area contributed by atoms with Gasteiger partial charge in [-0.1, -0.05) is 35.3 Å². The molecule has 1 aromatic heterocycles. The lowest BCUT2D eigenvalue weighted by atomic mass is 10.0. The summed E-state index contributed by atoms with van der Waals surface area (Å²) < 4.78 is 19.7. The first-order valence-electron chi connectivity index (χ1n) is 9.81. The maximum absolute atomic E-state index is 13.3. The zero-order valence-corrected chi connectivity index (χ0v) is 19.3. The molecular weight excluding hydrogens is 456 g/mol. The highest BCUT2D eigenvalue weighted by molar-refractivity contribution is 6.42. The van der Waals surface area contributed by atoms with Crippen LogP contribution in [0.3, 0.4) is 0 Å². The van der Waals surface area contributed by atoms with Crippen molar-refractivity contribution >= 4 is 35.1 Å². The third-order valence-corrected chi connectivity index (χ3v) is 5.87. The lowest BCUT2D eigenvalue weighted by molar-refractivity contribution is -0.141. The summed E-state index contributed by atoms with van der Waals surface area (Å²) in [6.07, 6.45) is -0.0216. The highest BCUT2D eigenvalue weighted by Gasteiger charge is 2.22. The molecule has 0 aliphatic heterocycles. The minimum absolute atomic E-state index is 0.0534. The van der Waals surface area contributed by atoms with Crippen LogP contribution in [0, 0.1) is 19.7 Å². The van der Waals surface area contributed by atoms with Gasteiger partial charge in [0.2, 0.25) is 5.91 Å². The topological polar surface area (TPSA) is 73.2 Å². The Labute approximate surface area is 195 Å². The van der Waals surface area contributed by atoms with Crippen molar-refractivity contribution in [1.29, 1.82) is 0 Å². The molecule has 0 saturated heterocycles. The number of amides is 1. The van der Waals surface area contributed by atoms with Gasteiger partial charge in [0.15, 0.2) is 0 Å². The summed E-state index contributed by atoms with van der Waals surface area (Å²) in [7, 11) is 1.27. The maximum Gasteiger partial charge on any atom is 0.307 e. The average molecular weight is 478 g/mol. The van der Waals surface area contributed by atoms with Crippen LogP contribution >= 0.6 is 23.2 Å². The standard InChI is InChI=1S/C23H22Cl2FN3O3/c1-13-18(14(2)29(28-13)17-8-9-19(24)20(25)10-17)11-22(30)27-21(12-23(31)32-3)15-4-6-16(26)7-5-15/h4-10,21H,11-12H2,1-3H3,(H,27,30). The summed E-state index contributed by atoms with van der Waals surface area (Å²) in [6.45, 7) is 3.67. The van der Waals surface area contributed by atoms with E-state index >= 15 is 0 Å². The molecule has 1 atom stereocenters. The molecule has 0 aliphatic carbocycles. The van der Waals surface area contributed by atoms with Crippen molar-refractivity contribution in [2.45, 2.75) is 32.7 Å². The van der Waals surface area contributed by atoms with E-state index in [2.05, 4.69) is 10.4 Å². The Morgan fingerprint density at radius 2 is 1.81 bits per heavy atom. The fourth-order valence-electron chi connectivity index (χ4n) is 3.40. The minimum atomic E-state index is -0.652. The van der Waals surface area contributed by atoms with Crippen molar-refractivity contribution in [3.8, 4) is 5.69 Å². The fraction of sp³-hybridized carbons (Fsp3) is 0.261. The monoisotopic (exact) mass is 477 g/mol. The van der Waals surface area contributed by atoms with E-state index in [0.29, 0.717) is 21.3 Å². The van der Waals surface area contributed by atoms with Gasteiger partial charge in [0.05, 0.1) is 47.4 Å². The number of aromatic nitrogens is 2. The largest absolute Gasteiger partial charge is 0.469 e. The quantitative estimate of drug-likeness (QED) is 0.491. The van der Waals surface area contributed by atoms with E-state index in [9.17, 15) is 14.0 Å². The Morgan fingerprint density at radius 3 is 2.44 bits per heavy atom. The number of aryl methyl sites for hydroxylation is 1. The molecule has 3 rings (SSSR count). The first-order valence-corrected chi connectivity index (χ1v) is 10.6. The number of benzene rings is 2. The molecule has 1 heterocycles. The second-order valence-corrected chi connectivity index (χ2v) is 8.10. The van der Waals surface area contributed by atoms with Gasteiger partial charge in [0.1, 0.15) is 5.82 Å². The van der Waals surface area contributed by atoms with Crippen molar-refractivity contribution in [3.05, 3.63) is 80.8 Å². The lowest BCUT2D eigenvalue weighted by Crippen LogP contribution is -2.32. The van der Waals surface area contributed by atoms with Crippen molar-refractivity contribution in [2.24, 2.45) is 0 Å². The summed E-state index contributed by atoms with van der Waals surface area (Å²) in [5, 5.41) is 8.22. The van der Waals surface area contributed by atoms with Crippen LogP contribution in [0.5, 0.6) is 0 Å². The number of carbonyl (C=O) groups is 2. The molecule has 0 radical (unpaired) electrons. The molecule has 0 spiro atoms. The molecule has 0 bridgehead atoms. The maximum atomic E-state index is 13.3. The molecule has 32 heavy (non-hydrogen) atoms. The second-order valence-electron chi connectivity index (χ2n) is 7.29. The first-order chi connectivity index (χ1) is 15.2. The number of nitrogens with one attached hydrogen (secondary N) is 1. The Morgan fingerprint density at radius 1 is 1.12 bits per heavy atom. The van der Waals surface area contributed by atoms with Crippen molar-refractivity contribution in [2.75, 3.05) is 7.11 Å². The van der Waals surface area contributed by atoms with Gasteiger partial charge in [0, 0.05) is 11.3 Å². The number of hydrogen-bond acceptors (Lipinski definition) is 4. The predicted octanol–water partition coefficient (Wildman–Crippen LogP) is 4.90. The van der Waals surface area contributed by atoms with Gasteiger partial charge in [-0.3, -0.25) is 9.59 Å². The third-order valence-electron chi connectivity index (χ3n) is 5.13. The SMILES string of the molecule is COC(=O)CC(NC(=O)Cc1c(C)nn(-c2ccc(Cl)c(Cl)c2)c1C)c1ccc(F)cc1. The molecule has 0 aliphatic rings. The van der Waals surface area contributed by atoms with Crippen LogP contribution in [0.2, 0.25) is 10.0 Å². The van der Waals surface area contributed by atoms with Crippen LogP contribution in [0.1, 0.15) is 35.0 Å². The fourth-order valence-corrected chi connectivity index (χ4v) is 3.69. The van der Waals surface area contributed by atoms with Gasteiger partial charge in [-0.2, -0.15) is 5.10 Å². The number of methoxy groups -OCH3 is 1. The van der Waals surface area contributed by atoms with Crippen molar-refractivity contribution < 1.29 is 18.7 Å². The molecule has 6 nitrogen and oxygen atoms in total. The van der Waals surface area contributed by atoms with E-state index in [4.69, 9.17) is 27.9 Å².